The van der Waals surface area contributed by atoms with Crippen LogP contribution in [0, 0.1) is 0 Å². The van der Waals surface area contributed by atoms with Gasteiger partial charge in [0.15, 0.2) is 0 Å². The van der Waals surface area contributed by atoms with Gasteiger partial charge >= 0.3 is 6.09 Å². The molecule has 0 spiro atoms. The van der Waals surface area contributed by atoms with Crippen LogP contribution in [0.2, 0.25) is 5.02 Å². The van der Waals surface area contributed by atoms with Gasteiger partial charge in [0, 0.05) is 29.6 Å². The van der Waals surface area contributed by atoms with Crippen LogP contribution in [0.3, 0.4) is 0 Å². The second-order valence-corrected chi connectivity index (χ2v) is 6.55. The third kappa shape index (κ3) is 3.57. The second kappa shape index (κ2) is 5.52. The fraction of sp³-hybridized carbons (Fsp3) is 0.533. The van der Waals surface area contributed by atoms with Gasteiger partial charge in [-0.3, -0.25) is 0 Å². The van der Waals surface area contributed by atoms with E-state index >= 15 is 0 Å². The van der Waals surface area contributed by atoms with Crippen molar-refractivity contribution in [1.82, 2.24) is 4.90 Å². The summed E-state index contributed by atoms with van der Waals surface area (Å²) in [6.45, 7) is 6.72. The van der Waals surface area contributed by atoms with Gasteiger partial charge in [-0.15, -0.1) is 0 Å². The molecule has 1 aliphatic heterocycles. The normalized spacial score (nSPS) is 19.2. The Kier molecular flexibility index (Phi) is 4.14. The minimum atomic E-state index is -0.493. The zero-order valence-electron chi connectivity index (χ0n) is 12.0. The molecule has 1 heterocycles. The molecule has 1 aromatic carbocycles. The van der Waals surface area contributed by atoms with Crippen molar-refractivity contribution in [2.75, 3.05) is 13.1 Å². The van der Waals surface area contributed by atoms with Crippen LogP contribution in [-0.2, 0) is 4.74 Å². The van der Waals surface area contributed by atoms with Crippen LogP contribution in [0.1, 0.15) is 38.7 Å². The van der Waals surface area contributed by atoms with E-state index in [4.69, 9.17) is 16.3 Å². The molecule has 1 aromatic rings. The number of phenols is 1. The first-order valence-electron chi connectivity index (χ1n) is 6.72. The van der Waals surface area contributed by atoms with Crippen LogP contribution in [0.5, 0.6) is 5.75 Å². The van der Waals surface area contributed by atoms with Crippen molar-refractivity contribution in [2.45, 2.75) is 38.7 Å². The zero-order valence-corrected chi connectivity index (χ0v) is 12.8. The molecule has 1 atom stereocenters. The summed E-state index contributed by atoms with van der Waals surface area (Å²) in [6.07, 6.45) is 0.495. The van der Waals surface area contributed by atoms with Crippen LogP contribution >= 0.6 is 11.6 Å². The van der Waals surface area contributed by atoms with Crippen molar-refractivity contribution >= 4 is 17.7 Å². The molecule has 1 saturated heterocycles. The van der Waals surface area contributed by atoms with Crippen LogP contribution < -0.4 is 0 Å². The average Bonchev–Trinajstić information content (AvgIpc) is 2.79. The van der Waals surface area contributed by atoms with E-state index in [1.807, 2.05) is 20.8 Å². The minimum absolute atomic E-state index is 0.0984. The van der Waals surface area contributed by atoms with Crippen molar-refractivity contribution in [3.8, 4) is 5.75 Å². The van der Waals surface area contributed by atoms with E-state index in [1.54, 1.807) is 23.1 Å². The molecule has 1 fully saturated rings. The Morgan fingerprint density at radius 3 is 2.80 bits per heavy atom. The number of carbonyl (C=O) groups is 1. The lowest BCUT2D eigenvalue weighted by Gasteiger charge is -2.24. The molecule has 0 radical (unpaired) electrons. The Labute approximate surface area is 124 Å². The van der Waals surface area contributed by atoms with Gasteiger partial charge < -0.3 is 14.7 Å². The van der Waals surface area contributed by atoms with Gasteiger partial charge in [-0.05, 0) is 45.4 Å². The van der Waals surface area contributed by atoms with Crippen molar-refractivity contribution < 1.29 is 14.6 Å². The number of aromatic hydroxyl groups is 1. The Balaban J connectivity index is 2.05. The summed E-state index contributed by atoms with van der Waals surface area (Å²) in [6, 6.07) is 5.01. The molecule has 4 nitrogen and oxygen atoms in total. The molecular formula is C15H20ClNO3. The van der Waals surface area contributed by atoms with E-state index in [-0.39, 0.29) is 17.8 Å². The minimum Gasteiger partial charge on any atom is -0.508 e. The lowest BCUT2D eigenvalue weighted by Crippen LogP contribution is -2.35. The van der Waals surface area contributed by atoms with Crippen molar-refractivity contribution in [3.05, 3.63) is 28.8 Å². The molecule has 1 aliphatic rings. The SMILES string of the molecule is CC(C)(C)OC(=O)N1CCC(c2cc(Cl)ccc2O)C1. The number of ether oxygens (including phenoxy) is 1. The molecule has 1 N–H and O–H groups in total. The zero-order chi connectivity index (χ0) is 14.9. The lowest BCUT2D eigenvalue weighted by molar-refractivity contribution is 0.0292. The van der Waals surface area contributed by atoms with E-state index in [9.17, 15) is 9.90 Å². The summed E-state index contributed by atoms with van der Waals surface area (Å²) in [5, 5.41) is 10.5. The summed E-state index contributed by atoms with van der Waals surface area (Å²) in [5.41, 5.74) is 0.302. The number of amides is 1. The van der Waals surface area contributed by atoms with Gasteiger partial charge in [-0.2, -0.15) is 0 Å². The number of phenolic OH excluding ortho intramolecular Hbond substituents is 1. The monoisotopic (exact) mass is 297 g/mol. The maximum absolute atomic E-state index is 12.0. The molecule has 0 aromatic heterocycles. The van der Waals surface area contributed by atoms with E-state index in [0.29, 0.717) is 18.1 Å². The average molecular weight is 298 g/mol. The van der Waals surface area contributed by atoms with Crippen LogP contribution in [0.25, 0.3) is 0 Å². The van der Waals surface area contributed by atoms with Gasteiger partial charge in [0.1, 0.15) is 11.4 Å². The maximum Gasteiger partial charge on any atom is 0.410 e. The predicted molar refractivity (Wildman–Crippen MR) is 78.3 cm³/mol. The number of halogens is 1. The first-order chi connectivity index (χ1) is 9.26. The highest BCUT2D eigenvalue weighted by molar-refractivity contribution is 6.30. The smallest absolute Gasteiger partial charge is 0.410 e. The van der Waals surface area contributed by atoms with Gasteiger partial charge in [0.25, 0.3) is 0 Å². The van der Waals surface area contributed by atoms with Gasteiger partial charge in [-0.25, -0.2) is 4.79 Å². The third-order valence-corrected chi connectivity index (χ3v) is 3.50. The Hall–Kier alpha value is -1.42. The largest absolute Gasteiger partial charge is 0.508 e. The van der Waals surface area contributed by atoms with Crippen molar-refractivity contribution in [2.24, 2.45) is 0 Å². The number of rotatable bonds is 1. The molecule has 1 amide bonds. The first kappa shape index (κ1) is 15.0. The van der Waals surface area contributed by atoms with E-state index < -0.39 is 5.60 Å². The molecule has 2 rings (SSSR count). The lowest BCUT2D eigenvalue weighted by atomic mass is 9.97. The van der Waals surface area contributed by atoms with Gasteiger partial charge in [0.2, 0.25) is 0 Å². The van der Waals surface area contributed by atoms with Crippen LogP contribution in [0.15, 0.2) is 18.2 Å². The van der Waals surface area contributed by atoms with Crippen molar-refractivity contribution in [1.29, 1.82) is 0 Å². The summed E-state index contributed by atoms with van der Waals surface area (Å²) in [4.78, 5) is 13.7. The van der Waals surface area contributed by atoms with E-state index in [2.05, 4.69) is 0 Å². The molecule has 20 heavy (non-hydrogen) atoms. The predicted octanol–water partition coefficient (Wildman–Crippen LogP) is 3.77. The summed E-state index contributed by atoms with van der Waals surface area (Å²) >= 11 is 5.96. The summed E-state index contributed by atoms with van der Waals surface area (Å²) in [7, 11) is 0. The second-order valence-electron chi connectivity index (χ2n) is 6.12. The van der Waals surface area contributed by atoms with Crippen molar-refractivity contribution in [3.63, 3.8) is 0 Å². The molecule has 1 unspecified atom stereocenters. The summed E-state index contributed by atoms with van der Waals surface area (Å²) in [5.74, 6) is 0.326. The molecule has 5 heteroatoms. The number of benzene rings is 1. The number of nitrogens with zero attached hydrogens (tertiary/aromatic N) is 1. The molecule has 110 valence electrons. The van der Waals surface area contributed by atoms with E-state index in [1.165, 1.54) is 0 Å². The maximum atomic E-state index is 12.0. The highest BCUT2D eigenvalue weighted by Crippen LogP contribution is 2.35. The number of hydrogen-bond acceptors (Lipinski definition) is 3. The Bertz CT molecular complexity index is 510. The number of carbonyl (C=O) groups excluding carboxylic acids is 1. The van der Waals surface area contributed by atoms with E-state index in [0.717, 1.165) is 12.0 Å². The molecular weight excluding hydrogens is 278 g/mol. The fourth-order valence-corrected chi connectivity index (χ4v) is 2.54. The van der Waals surface area contributed by atoms with Gasteiger partial charge in [-0.1, -0.05) is 11.6 Å². The topological polar surface area (TPSA) is 49.8 Å². The highest BCUT2D eigenvalue weighted by atomic mass is 35.5. The van der Waals surface area contributed by atoms with Gasteiger partial charge in [0.05, 0.1) is 0 Å². The number of hydrogen-bond donors (Lipinski definition) is 1. The van der Waals surface area contributed by atoms with Crippen LogP contribution in [0.4, 0.5) is 4.79 Å². The van der Waals surface area contributed by atoms with Crippen LogP contribution in [-0.4, -0.2) is 34.8 Å². The third-order valence-electron chi connectivity index (χ3n) is 3.27. The Morgan fingerprint density at radius 2 is 2.15 bits per heavy atom. The quantitative estimate of drug-likeness (QED) is 0.858. The highest BCUT2D eigenvalue weighted by Gasteiger charge is 2.31. The summed E-state index contributed by atoms with van der Waals surface area (Å²) < 4.78 is 5.36. The first-order valence-corrected chi connectivity index (χ1v) is 7.10. The Morgan fingerprint density at radius 1 is 1.45 bits per heavy atom. The number of likely N-dealkylation sites (tertiary alicyclic amines) is 1. The molecule has 0 aliphatic carbocycles. The molecule has 0 bridgehead atoms. The fourth-order valence-electron chi connectivity index (χ4n) is 2.36. The molecule has 0 saturated carbocycles. The standard InChI is InChI=1S/C15H20ClNO3/c1-15(2,3)20-14(19)17-7-6-10(9-17)12-8-11(16)4-5-13(12)18/h4-5,8,10,18H,6-7,9H2,1-3H3.